The Morgan fingerprint density at radius 3 is 2.62 bits per heavy atom. The van der Waals surface area contributed by atoms with Gasteiger partial charge in [-0.3, -0.25) is 0 Å². The fraction of sp³-hybridized carbons (Fsp3) is 0.167. The first kappa shape index (κ1) is 15.9. The van der Waals surface area contributed by atoms with Gasteiger partial charge in [-0.2, -0.15) is 10.1 Å². The van der Waals surface area contributed by atoms with Gasteiger partial charge < -0.3 is 10.6 Å². The first-order chi connectivity index (χ1) is 11.7. The van der Waals surface area contributed by atoms with Gasteiger partial charge in [-0.1, -0.05) is 30.3 Å². The fourth-order valence-corrected chi connectivity index (χ4v) is 2.26. The van der Waals surface area contributed by atoms with Gasteiger partial charge in [0.1, 0.15) is 5.82 Å². The van der Waals surface area contributed by atoms with Crippen LogP contribution in [0.5, 0.6) is 0 Å². The Balaban J connectivity index is 1.59. The van der Waals surface area contributed by atoms with Gasteiger partial charge in [0.15, 0.2) is 5.82 Å². The highest BCUT2D eigenvalue weighted by Crippen LogP contribution is 2.18. The summed E-state index contributed by atoms with van der Waals surface area (Å²) in [6, 6.07) is 14.4. The summed E-state index contributed by atoms with van der Waals surface area (Å²) in [5, 5.41) is 14.3. The normalized spacial score (nSPS) is 10.4. The molecule has 24 heavy (non-hydrogen) atoms. The summed E-state index contributed by atoms with van der Waals surface area (Å²) in [6.07, 6.45) is 2.33. The second-order valence-electron chi connectivity index (χ2n) is 5.41. The molecule has 2 N–H and O–H groups in total. The molecule has 5 nitrogen and oxygen atoms in total. The Kier molecular flexibility index (Phi) is 4.96. The van der Waals surface area contributed by atoms with Crippen molar-refractivity contribution in [2.24, 2.45) is 0 Å². The molecule has 0 radical (unpaired) electrons. The van der Waals surface area contributed by atoms with E-state index < -0.39 is 0 Å². The van der Waals surface area contributed by atoms with Crippen molar-refractivity contribution < 1.29 is 4.39 Å². The first-order valence-electron chi connectivity index (χ1n) is 7.71. The molecular weight excluding hydrogens is 305 g/mol. The van der Waals surface area contributed by atoms with Crippen LogP contribution in [0, 0.1) is 12.7 Å². The van der Waals surface area contributed by atoms with Gasteiger partial charge in [0, 0.05) is 12.2 Å². The lowest BCUT2D eigenvalue weighted by Crippen LogP contribution is -2.09. The van der Waals surface area contributed by atoms with E-state index in [1.165, 1.54) is 12.1 Å². The zero-order chi connectivity index (χ0) is 16.8. The summed E-state index contributed by atoms with van der Waals surface area (Å²) in [5.74, 6) is 0.855. The second kappa shape index (κ2) is 7.50. The molecule has 1 heterocycles. The SMILES string of the molecule is Cc1ccccc1Nc1cnnc(NCCc2ccc(F)cc2)n1. The first-order valence-corrected chi connectivity index (χ1v) is 7.71. The van der Waals surface area contributed by atoms with Crippen LogP contribution in [0.3, 0.4) is 0 Å². The number of hydrogen-bond donors (Lipinski definition) is 2. The van der Waals surface area contributed by atoms with Crippen molar-refractivity contribution in [1.29, 1.82) is 0 Å². The highest BCUT2D eigenvalue weighted by Gasteiger charge is 2.03. The summed E-state index contributed by atoms with van der Waals surface area (Å²) in [5.41, 5.74) is 3.16. The van der Waals surface area contributed by atoms with Crippen LogP contribution in [0.4, 0.5) is 21.8 Å². The molecule has 0 aliphatic carbocycles. The van der Waals surface area contributed by atoms with E-state index in [1.54, 1.807) is 18.3 Å². The van der Waals surface area contributed by atoms with Gasteiger partial charge in [-0.25, -0.2) is 4.39 Å². The average molecular weight is 323 g/mol. The van der Waals surface area contributed by atoms with Crippen LogP contribution < -0.4 is 10.6 Å². The topological polar surface area (TPSA) is 62.7 Å². The minimum Gasteiger partial charge on any atom is -0.353 e. The van der Waals surface area contributed by atoms with Gasteiger partial charge in [-0.15, -0.1) is 5.10 Å². The predicted octanol–water partition coefficient (Wildman–Crippen LogP) is 3.72. The molecule has 0 bridgehead atoms. The number of nitrogens with one attached hydrogen (secondary N) is 2. The quantitative estimate of drug-likeness (QED) is 0.724. The molecule has 0 amide bonds. The van der Waals surface area contributed by atoms with Crippen LogP contribution in [-0.2, 0) is 6.42 Å². The molecule has 0 saturated heterocycles. The van der Waals surface area contributed by atoms with E-state index in [2.05, 4.69) is 25.8 Å². The van der Waals surface area contributed by atoms with Crippen LogP contribution in [0.2, 0.25) is 0 Å². The Morgan fingerprint density at radius 1 is 1.04 bits per heavy atom. The van der Waals surface area contributed by atoms with Crippen LogP contribution in [0.1, 0.15) is 11.1 Å². The molecule has 0 atom stereocenters. The third-order valence-electron chi connectivity index (χ3n) is 3.58. The van der Waals surface area contributed by atoms with Crippen molar-refractivity contribution in [2.75, 3.05) is 17.2 Å². The summed E-state index contributed by atoms with van der Waals surface area (Å²) < 4.78 is 12.9. The number of halogens is 1. The molecule has 1 aromatic heterocycles. The number of hydrogen-bond acceptors (Lipinski definition) is 5. The monoisotopic (exact) mass is 323 g/mol. The summed E-state index contributed by atoms with van der Waals surface area (Å²) in [7, 11) is 0. The number of rotatable bonds is 6. The fourth-order valence-electron chi connectivity index (χ4n) is 2.26. The molecule has 0 spiro atoms. The molecule has 122 valence electrons. The van der Waals surface area contributed by atoms with Crippen LogP contribution in [-0.4, -0.2) is 21.7 Å². The van der Waals surface area contributed by atoms with Crippen molar-refractivity contribution in [2.45, 2.75) is 13.3 Å². The third kappa shape index (κ3) is 4.25. The summed E-state index contributed by atoms with van der Waals surface area (Å²) >= 11 is 0. The van der Waals surface area contributed by atoms with E-state index >= 15 is 0 Å². The molecular formula is C18H18FN5. The minimum atomic E-state index is -0.228. The van der Waals surface area contributed by atoms with Crippen molar-refractivity contribution >= 4 is 17.5 Å². The van der Waals surface area contributed by atoms with Crippen LogP contribution >= 0.6 is 0 Å². The summed E-state index contributed by atoms with van der Waals surface area (Å²) in [4.78, 5) is 4.40. The van der Waals surface area contributed by atoms with E-state index in [1.807, 2.05) is 31.2 Å². The highest BCUT2D eigenvalue weighted by atomic mass is 19.1. The van der Waals surface area contributed by atoms with Crippen molar-refractivity contribution in [3.8, 4) is 0 Å². The lowest BCUT2D eigenvalue weighted by atomic mass is 10.1. The lowest BCUT2D eigenvalue weighted by molar-refractivity contribution is 0.627. The lowest BCUT2D eigenvalue weighted by Gasteiger charge is -2.09. The standard InChI is InChI=1S/C18H18FN5/c1-13-4-2-3-5-16(13)22-17-12-21-24-18(23-17)20-11-10-14-6-8-15(19)9-7-14/h2-9,12H,10-11H2,1H3,(H2,20,22,23,24). The predicted molar refractivity (Wildman–Crippen MR) is 92.9 cm³/mol. The van der Waals surface area contributed by atoms with Crippen LogP contribution in [0.25, 0.3) is 0 Å². The maximum Gasteiger partial charge on any atom is 0.244 e. The number of para-hydroxylation sites is 1. The Morgan fingerprint density at radius 2 is 1.83 bits per heavy atom. The molecule has 0 aliphatic rings. The van der Waals surface area contributed by atoms with Gasteiger partial charge in [0.25, 0.3) is 0 Å². The van der Waals surface area contributed by atoms with E-state index in [-0.39, 0.29) is 5.82 Å². The van der Waals surface area contributed by atoms with Gasteiger partial charge in [-0.05, 0) is 42.7 Å². The van der Waals surface area contributed by atoms with E-state index in [4.69, 9.17) is 0 Å². The number of nitrogens with zero attached hydrogens (tertiary/aromatic N) is 3. The number of aromatic nitrogens is 3. The molecule has 0 fully saturated rings. The zero-order valence-corrected chi connectivity index (χ0v) is 13.3. The third-order valence-corrected chi connectivity index (χ3v) is 3.58. The van der Waals surface area contributed by atoms with Crippen molar-refractivity contribution in [3.63, 3.8) is 0 Å². The Labute approximate surface area is 140 Å². The Hall–Kier alpha value is -3.02. The molecule has 0 saturated carbocycles. The maximum absolute atomic E-state index is 12.9. The number of benzene rings is 2. The number of anilines is 3. The largest absolute Gasteiger partial charge is 0.353 e. The van der Waals surface area contributed by atoms with E-state index in [0.717, 1.165) is 23.2 Å². The minimum absolute atomic E-state index is 0.228. The second-order valence-corrected chi connectivity index (χ2v) is 5.41. The van der Waals surface area contributed by atoms with Crippen LogP contribution in [0.15, 0.2) is 54.7 Å². The molecule has 3 rings (SSSR count). The van der Waals surface area contributed by atoms with E-state index in [9.17, 15) is 4.39 Å². The maximum atomic E-state index is 12.9. The summed E-state index contributed by atoms with van der Waals surface area (Å²) in [6.45, 7) is 2.67. The molecule has 0 aliphatic heterocycles. The van der Waals surface area contributed by atoms with Gasteiger partial charge in [0.2, 0.25) is 5.95 Å². The van der Waals surface area contributed by atoms with Crippen molar-refractivity contribution in [1.82, 2.24) is 15.2 Å². The molecule has 3 aromatic rings. The van der Waals surface area contributed by atoms with E-state index in [0.29, 0.717) is 18.3 Å². The van der Waals surface area contributed by atoms with Gasteiger partial charge in [0.05, 0.1) is 6.20 Å². The Bertz CT molecular complexity index is 805. The van der Waals surface area contributed by atoms with Gasteiger partial charge >= 0.3 is 0 Å². The number of aryl methyl sites for hydroxylation is 1. The molecule has 0 unspecified atom stereocenters. The highest BCUT2D eigenvalue weighted by molar-refractivity contribution is 5.59. The zero-order valence-electron chi connectivity index (χ0n) is 13.3. The molecule has 2 aromatic carbocycles. The van der Waals surface area contributed by atoms with Crippen molar-refractivity contribution in [3.05, 3.63) is 71.7 Å². The molecule has 6 heteroatoms. The average Bonchev–Trinajstić information content (AvgIpc) is 2.59. The smallest absolute Gasteiger partial charge is 0.244 e.